The Labute approximate surface area is 196 Å². The number of fused-ring (bicyclic) bond motifs is 1. The molecular formula is C24H25N7OS. The summed E-state index contributed by atoms with van der Waals surface area (Å²) in [4.78, 5) is 19.2. The molecule has 1 unspecified atom stereocenters. The summed E-state index contributed by atoms with van der Waals surface area (Å²) in [5, 5.41) is 17.0. The van der Waals surface area contributed by atoms with E-state index in [2.05, 4.69) is 54.8 Å². The van der Waals surface area contributed by atoms with Crippen molar-refractivity contribution in [1.82, 2.24) is 35.0 Å². The molecule has 4 heterocycles. The number of nitrogens with one attached hydrogen (secondary N) is 1. The van der Waals surface area contributed by atoms with Gasteiger partial charge in [-0.1, -0.05) is 42.1 Å². The van der Waals surface area contributed by atoms with Crippen molar-refractivity contribution in [3.8, 4) is 11.4 Å². The molecule has 33 heavy (non-hydrogen) atoms. The number of thioether (sulfide) groups is 1. The first-order chi connectivity index (χ1) is 16.2. The normalized spacial score (nSPS) is 16.7. The van der Waals surface area contributed by atoms with Crippen LogP contribution in [0.4, 0.5) is 0 Å². The molecule has 0 spiro atoms. The van der Waals surface area contributed by atoms with E-state index in [1.807, 2.05) is 30.3 Å². The minimum Gasteiger partial charge on any atom is -0.351 e. The Balaban J connectivity index is 1.17. The zero-order valence-electron chi connectivity index (χ0n) is 18.2. The van der Waals surface area contributed by atoms with Crippen molar-refractivity contribution in [3.05, 3.63) is 72.6 Å². The molecule has 1 aliphatic heterocycles. The highest BCUT2D eigenvalue weighted by molar-refractivity contribution is 7.99. The van der Waals surface area contributed by atoms with Crippen molar-refractivity contribution < 1.29 is 4.79 Å². The van der Waals surface area contributed by atoms with Gasteiger partial charge in [-0.15, -0.1) is 10.2 Å². The minimum atomic E-state index is 0.0321. The van der Waals surface area contributed by atoms with Gasteiger partial charge in [0.1, 0.15) is 5.03 Å². The quantitative estimate of drug-likeness (QED) is 0.425. The van der Waals surface area contributed by atoms with Crippen LogP contribution in [0.25, 0.3) is 17.0 Å². The molecule has 1 N–H and O–H groups in total. The molecule has 0 radical (unpaired) electrons. The number of pyridine rings is 1. The van der Waals surface area contributed by atoms with Gasteiger partial charge >= 0.3 is 0 Å². The van der Waals surface area contributed by atoms with Gasteiger partial charge in [-0.2, -0.15) is 9.61 Å². The van der Waals surface area contributed by atoms with Crippen LogP contribution >= 0.6 is 11.8 Å². The summed E-state index contributed by atoms with van der Waals surface area (Å²) in [6, 6.07) is 18.2. The lowest BCUT2D eigenvalue weighted by Crippen LogP contribution is -2.47. The zero-order chi connectivity index (χ0) is 22.5. The average Bonchev–Trinajstić information content (AvgIpc) is 3.27. The first-order valence-corrected chi connectivity index (χ1v) is 12.0. The van der Waals surface area contributed by atoms with E-state index >= 15 is 0 Å². The van der Waals surface area contributed by atoms with Crippen LogP contribution in [0.5, 0.6) is 0 Å². The average molecular weight is 460 g/mol. The Morgan fingerprint density at radius 3 is 2.85 bits per heavy atom. The van der Waals surface area contributed by atoms with E-state index in [4.69, 9.17) is 0 Å². The van der Waals surface area contributed by atoms with Gasteiger partial charge in [0.05, 0.1) is 5.75 Å². The molecule has 1 aliphatic rings. The van der Waals surface area contributed by atoms with E-state index in [1.165, 1.54) is 17.3 Å². The van der Waals surface area contributed by atoms with Crippen molar-refractivity contribution >= 4 is 23.3 Å². The summed E-state index contributed by atoms with van der Waals surface area (Å²) in [5.74, 6) is 0.980. The molecule has 3 aromatic heterocycles. The SMILES string of the molecule is O=C(CSc1ccc2nnc(-c3cccnc3)n2n1)NC1CCCN(Cc2ccccc2)C1. The van der Waals surface area contributed by atoms with E-state index in [-0.39, 0.29) is 11.9 Å². The van der Waals surface area contributed by atoms with Crippen molar-refractivity contribution in [2.45, 2.75) is 30.5 Å². The van der Waals surface area contributed by atoms with Crippen molar-refractivity contribution in [2.75, 3.05) is 18.8 Å². The van der Waals surface area contributed by atoms with E-state index in [0.717, 1.165) is 43.1 Å². The number of hydrogen-bond acceptors (Lipinski definition) is 7. The van der Waals surface area contributed by atoms with E-state index in [1.54, 1.807) is 16.9 Å². The molecule has 1 fully saturated rings. The summed E-state index contributed by atoms with van der Waals surface area (Å²) >= 11 is 1.41. The molecule has 8 nitrogen and oxygen atoms in total. The third-order valence-electron chi connectivity index (χ3n) is 5.63. The second-order valence-electron chi connectivity index (χ2n) is 8.12. The summed E-state index contributed by atoms with van der Waals surface area (Å²) in [7, 11) is 0. The Bertz CT molecular complexity index is 1220. The molecule has 0 saturated carbocycles. The number of likely N-dealkylation sites (tertiary alicyclic amines) is 1. The van der Waals surface area contributed by atoms with Gasteiger partial charge in [0, 0.05) is 37.1 Å². The number of hydrogen-bond donors (Lipinski definition) is 1. The number of piperidine rings is 1. The van der Waals surface area contributed by atoms with Crippen LogP contribution in [-0.4, -0.2) is 60.5 Å². The predicted octanol–water partition coefficient (Wildman–Crippen LogP) is 3.06. The monoisotopic (exact) mass is 459 g/mol. The van der Waals surface area contributed by atoms with Crippen LogP contribution in [0.1, 0.15) is 18.4 Å². The number of carbonyl (C=O) groups excluding carboxylic acids is 1. The van der Waals surface area contributed by atoms with E-state index < -0.39 is 0 Å². The third kappa shape index (κ3) is 5.37. The largest absolute Gasteiger partial charge is 0.351 e. The highest BCUT2D eigenvalue weighted by atomic mass is 32.2. The number of amides is 1. The van der Waals surface area contributed by atoms with Crippen molar-refractivity contribution in [2.24, 2.45) is 0 Å². The Kier molecular flexibility index (Phi) is 6.59. The van der Waals surface area contributed by atoms with Gasteiger partial charge in [0.2, 0.25) is 5.91 Å². The van der Waals surface area contributed by atoms with Gasteiger partial charge in [-0.3, -0.25) is 14.7 Å². The molecule has 0 aliphatic carbocycles. The van der Waals surface area contributed by atoms with E-state index in [0.29, 0.717) is 17.2 Å². The molecule has 1 amide bonds. The van der Waals surface area contributed by atoms with Gasteiger partial charge < -0.3 is 5.32 Å². The van der Waals surface area contributed by atoms with Crippen LogP contribution in [0.15, 0.2) is 72.0 Å². The second kappa shape index (κ2) is 10.1. The number of carbonyl (C=O) groups is 1. The highest BCUT2D eigenvalue weighted by Gasteiger charge is 2.21. The van der Waals surface area contributed by atoms with E-state index in [9.17, 15) is 4.79 Å². The lowest BCUT2D eigenvalue weighted by molar-refractivity contribution is -0.119. The third-order valence-corrected chi connectivity index (χ3v) is 6.55. The molecule has 1 saturated heterocycles. The Hall–Kier alpha value is -3.30. The highest BCUT2D eigenvalue weighted by Crippen LogP contribution is 2.20. The fraction of sp³-hybridized carbons (Fsp3) is 0.292. The van der Waals surface area contributed by atoms with Gasteiger partial charge in [-0.05, 0) is 49.2 Å². The molecule has 1 aromatic carbocycles. The van der Waals surface area contributed by atoms with Crippen LogP contribution in [-0.2, 0) is 11.3 Å². The Morgan fingerprint density at radius 1 is 1.09 bits per heavy atom. The minimum absolute atomic E-state index is 0.0321. The molecule has 4 aromatic rings. The van der Waals surface area contributed by atoms with Crippen LogP contribution in [0.3, 0.4) is 0 Å². The fourth-order valence-electron chi connectivity index (χ4n) is 4.09. The summed E-state index contributed by atoms with van der Waals surface area (Å²) in [6.07, 6.45) is 5.55. The number of benzene rings is 1. The predicted molar refractivity (Wildman–Crippen MR) is 128 cm³/mol. The topological polar surface area (TPSA) is 88.3 Å². The summed E-state index contributed by atoms with van der Waals surface area (Å²) in [5.41, 5.74) is 2.80. The molecule has 1 atom stereocenters. The molecular weight excluding hydrogens is 434 g/mol. The van der Waals surface area contributed by atoms with Crippen LogP contribution in [0.2, 0.25) is 0 Å². The smallest absolute Gasteiger partial charge is 0.230 e. The van der Waals surface area contributed by atoms with Gasteiger partial charge in [0.25, 0.3) is 0 Å². The van der Waals surface area contributed by atoms with Crippen LogP contribution < -0.4 is 5.32 Å². The maximum Gasteiger partial charge on any atom is 0.230 e. The van der Waals surface area contributed by atoms with Crippen molar-refractivity contribution in [3.63, 3.8) is 0 Å². The maximum atomic E-state index is 12.6. The standard InChI is InChI=1S/C24H25N7OS/c32-22(26-20-9-5-13-30(16-20)15-18-6-2-1-3-7-18)17-33-23-11-10-21-27-28-24(31(21)29-23)19-8-4-12-25-14-19/h1-4,6-8,10-12,14,20H,5,9,13,15-17H2,(H,26,32). The maximum absolute atomic E-state index is 12.6. The molecule has 9 heteroatoms. The zero-order valence-corrected chi connectivity index (χ0v) is 19.0. The Morgan fingerprint density at radius 2 is 2.00 bits per heavy atom. The van der Waals surface area contributed by atoms with Crippen molar-refractivity contribution in [1.29, 1.82) is 0 Å². The fourth-order valence-corrected chi connectivity index (χ4v) is 4.76. The molecule has 168 valence electrons. The van der Waals surface area contributed by atoms with Gasteiger partial charge in [0.15, 0.2) is 11.5 Å². The molecule has 5 rings (SSSR count). The summed E-state index contributed by atoms with van der Waals surface area (Å²) < 4.78 is 1.69. The van der Waals surface area contributed by atoms with Gasteiger partial charge in [-0.25, -0.2) is 0 Å². The lowest BCUT2D eigenvalue weighted by Gasteiger charge is -2.33. The summed E-state index contributed by atoms with van der Waals surface area (Å²) in [6.45, 7) is 2.87. The number of rotatable bonds is 7. The number of aromatic nitrogens is 5. The first kappa shape index (κ1) is 21.5. The lowest BCUT2D eigenvalue weighted by atomic mass is 10.0. The molecule has 0 bridgehead atoms. The second-order valence-corrected chi connectivity index (χ2v) is 9.12. The number of nitrogens with zero attached hydrogens (tertiary/aromatic N) is 6. The van der Waals surface area contributed by atoms with Crippen LogP contribution in [0, 0.1) is 0 Å². The first-order valence-electron chi connectivity index (χ1n) is 11.1.